The minimum absolute atomic E-state index is 0.114. The molecule has 7 heteroatoms. The van der Waals surface area contributed by atoms with Gasteiger partial charge in [-0.05, 0) is 33.8 Å². The molecule has 0 unspecified atom stereocenters. The number of carbonyl (C=O) groups excluding carboxylic acids is 2. The summed E-state index contributed by atoms with van der Waals surface area (Å²) in [6, 6.07) is 6.11. The van der Waals surface area contributed by atoms with Crippen LogP contribution in [0.3, 0.4) is 0 Å². The van der Waals surface area contributed by atoms with Crippen molar-refractivity contribution in [2.45, 2.75) is 33.3 Å². The van der Waals surface area contributed by atoms with Crippen LogP contribution in [0.15, 0.2) is 29.6 Å². The third-order valence-corrected chi connectivity index (χ3v) is 3.94. The van der Waals surface area contributed by atoms with Crippen molar-refractivity contribution in [2.75, 3.05) is 11.9 Å². The van der Waals surface area contributed by atoms with Crippen molar-refractivity contribution in [3.63, 3.8) is 0 Å². The van der Waals surface area contributed by atoms with Gasteiger partial charge in [-0.1, -0.05) is 18.2 Å². The summed E-state index contributed by atoms with van der Waals surface area (Å²) < 4.78 is 24.4. The molecule has 1 heterocycles. The lowest BCUT2D eigenvalue weighted by Crippen LogP contribution is -2.27. The minimum Gasteiger partial charge on any atom is -0.462 e. The van der Waals surface area contributed by atoms with E-state index < -0.39 is 23.5 Å². The van der Waals surface area contributed by atoms with Crippen LogP contribution in [-0.4, -0.2) is 24.3 Å². The Morgan fingerprint density at radius 1 is 1.20 bits per heavy atom. The van der Waals surface area contributed by atoms with E-state index in [4.69, 9.17) is 9.47 Å². The summed E-state index contributed by atoms with van der Waals surface area (Å²) in [5, 5.41) is 4.41. The van der Waals surface area contributed by atoms with Gasteiger partial charge in [0.2, 0.25) is 0 Å². The Bertz CT molecular complexity index is 780. The summed E-state index contributed by atoms with van der Waals surface area (Å²) in [5.74, 6) is -1.09. The number of anilines is 1. The maximum absolute atomic E-state index is 14.1. The molecule has 0 atom stereocenters. The molecule has 0 saturated carbocycles. The van der Waals surface area contributed by atoms with Crippen molar-refractivity contribution < 1.29 is 23.5 Å². The number of benzene rings is 1. The van der Waals surface area contributed by atoms with Gasteiger partial charge < -0.3 is 9.47 Å². The normalized spacial score (nSPS) is 11.1. The molecule has 2 rings (SSSR count). The summed E-state index contributed by atoms with van der Waals surface area (Å²) in [4.78, 5) is 24.4. The molecule has 0 aliphatic heterocycles. The van der Waals surface area contributed by atoms with E-state index in [2.05, 4.69) is 5.32 Å². The number of rotatable bonds is 4. The molecule has 2 aromatic rings. The molecule has 0 saturated heterocycles. The molecule has 5 nitrogen and oxygen atoms in total. The van der Waals surface area contributed by atoms with Crippen LogP contribution >= 0.6 is 11.3 Å². The Hall–Kier alpha value is -2.41. The van der Waals surface area contributed by atoms with E-state index in [0.29, 0.717) is 5.56 Å². The second kappa shape index (κ2) is 7.65. The van der Waals surface area contributed by atoms with Crippen molar-refractivity contribution in [3.8, 4) is 11.1 Å². The highest BCUT2D eigenvalue weighted by Crippen LogP contribution is 2.37. The average molecular weight is 365 g/mol. The Balaban J connectivity index is 2.43. The van der Waals surface area contributed by atoms with Gasteiger partial charge in [-0.25, -0.2) is 14.0 Å². The zero-order chi connectivity index (χ0) is 18.6. The molecule has 1 aromatic carbocycles. The Morgan fingerprint density at radius 3 is 2.48 bits per heavy atom. The molecule has 134 valence electrons. The maximum Gasteiger partial charge on any atom is 0.412 e. The predicted octanol–water partition coefficient (Wildman–Crippen LogP) is 5.08. The van der Waals surface area contributed by atoms with E-state index in [1.807, 2.05) is 0 Å². The fourth-order valence-electron chi connectivity index (χ4n) is 2.13. The highest BCUT2D eigenvalue weighted by Gasteiger charge is 2.25. The number of halogens is 1. The predicted molar refractivity (Wildman–Crippen MR) is 95.5 cm³/mol. The van der Waals surface area contributed by atoms with Gasteiger partial charge in [-0.3, -0.25) is 5.32 Å². The number of hydrogen-bond donors (Lipinski definition) is 1. The average Bonchev–Trinajstić information content (AvgIpc) is 2.89. The van der Waals surface area contributed by atoms with Crippen LogP contribution in [0.25, 0.3) is 11.1 Å². The van der Waals surface area contributed by atoms with Gasteiger partial charge in [0.25, 0.3) is 0 Å². The smallest absolute Gasteiger partial charge is 0.412 e. The number of ether oxygens (including phenoxy) is 2. The standard InChI is InChI=1S/C18H20FNO4S/c1-5-23-16(21)14-12(11-8-6-7-9-13(11)19)10-25-15(14)20-17(22)24-18(2,3)4/h6-10H,5H2,1-4H3,(H,20,22). The van der Waals surface area contributed by atoms with E-state index in [-0.39, 0.29) is 22.7 Å². The molecule has 0 fully saturated rings. The second-order valence-electron chi connectivity index (χ2n) is 6.18. The summed E-state index contributed by atoms with van der Waals surface area (Å²) in [5.41, 5.74) is 0.0641. The van der Waals surface area contributed by atoms with Crippen molar-refractivity contribution in [3.05, 3.63) is 41.0 Å². The lowest BCUT2D eigenvalue weighted by Gasteiger charge is -2.19. The van der Waals surface area contributed by atoms with Crippen LogP contribution in [0.4, 0.5) is 14.2 Å². The van der Waals surface area contributed by atoms with Crippen LogP contribution in [0.2, 0.25) is 0 Å². The molecular weight excluding hydrogens is 345 g/mol. The van der Waals surface area contributed by atoms with Crippen molar-refractivity contribution >= 4 is 28.4 Å². The molecule has 0 spiro atoms. The Labute approximate surface area is 149 Å². The molecule has 1 N–H and O–H groups in total. The van der Waals surface area contributed by atoms with Crippen molar-refractivity contribution in [2.24, 2.45) is 0 Å². The van der Waals surface area contributed by atoms with Crippen LogP contribution in [0.5, 0.6) is 0 Å². The van der Waals surface area contributed by atoms with Crippen LogP contribution < -0.4 is 5.32 Å². The van der Waals surface area contributed by atoms with Crippen LogP contribution in [0.1, 0.15) is 38.1 Å². The topological polar surface area (TPSA) is 64.6 Å². The molecule has 25 heavy (non-hydrogen) atoms. The van der Waals surface area contributed by atoms with Gasteiger partial charge >= 0.3 is 12.1 Å². The monoisotopic (exact) mass is 365 g/mol. The zero-order valence-corrected chi connectivity index (χ0v) is 15.3. The SMILES string of the molecule is CCOC(=O)c1c(-c2ccccc2F)csc1NC(=O)OC(C)(C)C. The molecule has 0 bridgehead atoms. The summed E-state index contributed by atoms with van der Waals surface area (Å²) in [7, 11) is 0. The van der Waals surface area contributed by atoms with Gasteiger partial charge in [-0.15, -0.1) is 11.3 Å². The highest BCUT2D eigenvalue weighted by atomic mass is 32.1. The molecule has 1 amide bonds. The molecule has 1 aromatic heterocycles. The fraction of sp³-hybridized carbons (Fsp3) is 0.333. The number of amides is 1. The second-order valence-corrected chi connectivity index (χ2v) is 7.06. The first-order valence-electron chi connectivity index (χ1n) is 7.76. The van der Waals surface area contributed by atoms with E-state index in [1.54, 1.807) is 51.3 Å². The highest BCUT2D eigenvalue weighted by molar-refractivity contribution is 7.15. The van der Waals surface area contributed by atoms with Crippen LogP contribution in [-0.2, 0) is 9.47 Å². The minimum atomic E-state index is -0.694. The fourth-order valence-corrected chi connectivity index (χ4v) is 3.06. The van der Waals surface area contributed by atoms with Gasteiger partial charge in [0.15, 0.2) is 0 Å². The third kappa shape index (κ3) is 4.79. The summed E-state index contributed by atoms with van der Waals surface area (Å²) in [6.45, 7) is 7.04. The largest absolute Gasteiger partial charge is 0.462 e. The number of nitrogens with one attached hydrogen (secondary N) is 1. The van der Waals surface area contributed by atoms with Crippen LogP contribution in [0, 0.1) is 5.82 Å². The quantitative estimate of drug-likeness (QED) is 0.768. The Kier molecular flexibility index (Phi) is 5.79. The van der Waals surface area contributed by atoms with E-state index in [1.165, 1.54) is 6.07 Å². The number of carbonyl (C=O) groups is 2. The first-order chi connectivity index (χ1) is 11.7. The molecule has 0 aliphatic rings. The number of esters is 1. The third-order valence-electron chi connectivity index (χ3n) is 3.05. The first kappa shape index (κ1) is 18.9. The van der Waals surface area contributed by atoms with Crippen molar-refractivity contribution in [1.82, 2.24) is 0 Å². The Morgan fingerprint density at radius 2 is 1.88 bits per heavy atom. The maximum atomic E-state index is 14.1. The van der Waals surface area contributed by atoms with Gasteiger partial charge in [-0.2, -0.15) is 0 Å². The molecule has 0 radical (unpaired) electrons. The zero-order valence-electron chi connectivity index (χ0n) is 14.5. The lowest BCUT2D eigenvalue weighted by molar-refractivity contribution is 0.0529. The van der Waals surface area contributed by atoms with E-state index >= 15 is 0 Å². The summed E-state index contributed by atoms with van der Waals surface area (Å²) >= 11 is 1.11. The van der Waals surface area contributed by atoms with Crippen molar-refractivity contribution in [1.29, 1.82) is 0 Å². The molecule has 0 aliphatic carbocycles. The number of hydrogen-bond acceptors (Lipinski definition) is 5. The van der Waals surface area contributed by atoms with E-state index in [0.717, 1.165) is 11.3 Å². The van der Waals surface area contributed by atoms with Gasteiger partial charge in [0.1, 0.15) is 22.0 Å². The van der Waals surface area contributed by atoms with Gasteiger partial charge in [0.05, 0.1) is 6.61 Å². The van der Waals surface area contributed by atoms with E-state index in [9.17, 15) is 14.0 Å². The van der Waals surface area contributed by atoms with Gasteiger partial charge in [0, 0.05) is 16.5 Å². The lowest BCUT2D eigenvalue weighted by atomic mass is 10.0. The molecular formula is C18H20FNO4S. The summed E-state index contributed by atoms with van der Waals surface area (Å²) in [6.07, 6.45) is -0.694. The first-order valence-corrected chi connectivity index (χ1v) is 8.64. The number of thiophene rings is 1.